The molecule has 0 saturated heterocycles. The molecule has 18 heavy (non-hydrogen) atoms. The highest BCUT2D eigenvalue weighted by atomic mass is 16.5. The molecule has 0 aliphatic heterocycles. The topological polar surface area (TPSA) is 30.5 Å². The van der Waals surface area contributed by atoms with Crippen LogP contribution in [-0.4, -0.2) is 26.3 Å². The number of para-hydroxylation sites is 2. The zero-order valence-corrected chi connectivity index (χ0v) is 11.3. The summed E-state index contributed by atoms with van der Waals surface area (Å²) in [5.74, 6) is 2.49. The number of rotatable bonds is 6. The lowest BCUT2D eigenvalue weighted by Crippen LogP contribution is -2.30. The van der Waals surface area contributed by atoms with Gasteiger partial charge in [0, 0.05) is 12.6 Å². The average Bonchev–Trinajstić information content (AvgIpc) is 2.81. The summed E-state index contributed by atoms with van der Waals surface area (Å²) in [5, 5.41) is 3.55. The maximum absolute atomic E-state index is 5.73. The van der Waals surface area contributed by atoms with Crippen LogP contribution in [0.2, 0.25) is 0 Å². The molecule has 2 atom stereocenters. The fraction of sp³-hybridized carbons (Fsp3) is 0.600. The maximum Gasteiger partial charge on any atom is 0.161 e. The summed E-state index contributed by atoms with van der Waals surface area (Å²) in [5.41, 5.74) is 0. The fourth-order valence-electron chi connectivity index (χ4n) is 2.55. The van der Waals surface area contributed by atoms with Gasteiger partial charge in [0.25, 0.3) is 0 Å². The summed E-state index contributed by atoms with van der Waals surface area (Å²) < 4.78 is 11.0. The fourth-order valence-corrected chi connectivity index (χ4v) is 2.55. The molecule has 0 radical (unpaired) electrons. The third-order valence-electron chi connectivity index (χ3n) is 3.56. The van der Waals surface area contributed by atoms with Crippen LogP contribution in [0.25, 0.3) is 0 Å². The molecule has 0 amide bonds. The Morgan fingerprint density at radius 2 is 2.00 bits per heavy atom. The number of methoxy groups -OCH3 is 1. The van der Waals surface area contributed by atoms with Crippen molar-refractivity contribution in [3.63, 3.8) is 0 Å². The van der Waals surface area contributed by atoms with Crippen molar-refractivity contribution >= 4 is 0 Å². The molecule has 0 aromatic heterocycles. The van der Waals surface area contributed by atoms with Gasteiger partial charge in [-0.2, -0.15) is 0 Å². The minimum Gasteiger partial charge on any atom is -0.493 e. The van der Waals surface area contributed by atoms with E-state index in [1.807, 2.05) is 24.3 Å². The van der Waals surface area contributed by atoms with Crippen molar-refractivity contribution in [2.24, 2.45) is 5.92 Å². The lowest BCUT2D eigenvalue weighted by atomic mass is 10.1. The molecular weight excluding hydrogens is 226 g/mol. The van der Waals surface area contributed by atoms with Gasteiger partial charge < -0.3 is 14.8 Å². The Bertz CT molecular complexity index is 367. The first-order chi connectivity index (χ1) is 8.79. The number of ether oxygens (including phenoxy) is 2. The Morgan fingerprint density at radius 3 is 2.67 bits per heavy atom. The molecule has 0 heterocycles. The molecule has 1 N–H and O–H groups in total. The first-order valence-corrected chi connectivity index (χ1v) is 6.79. The van der Waals surface area contributed by atoms with Crippen molar-refractivity contribution in [1.29, 1.82) is 0 Å². The molecule has 2 unspecified atom stereocenters. The van der Waals surface area contributed by atoms with Gasteiger partial charge in [-0.25, -0.2) is 0 Å². The quantitative estimate of drug-likeness (QED) is 0.786. The maximum atomic E-state index is 5.73. The predicted molar refractivity (Wildman–Crippen MR) is 73.3 cm³/mol. The molecule has 100 valence electrons. The van der Waals surface area contributed by atoms with Gasteiger partial charge in [-0.05, 0) is 37.3 Å². The Hall–Kier alpha value is -1.22. The Kier molecular flexibility index (Phi) is 4.88. The SMILES string of the molecule is COc1ccccc1OCCNC1CCC(C)C1. The van der Waals surface area contributed by atoms with Crippen LogP contribution in [0.5, 0.6) is 11.5 Å². The van der Waals surface area contributed by atoms with Gasteiger partial charge in [0.2, 0.25) is 0 Å². The van der Waals surface area contributed by atoms with Crippen LogP contribution in [0.4, 0.5) is 0 Å². The van der Waals surface area contributed by atoms with Crippen LogP contribution in [0.3, 0.4) is 0 Å². The molecule has 3 heteroatoms. The van der Waals surface area contributed by atoms with Crippen LogP contribution in [0, 0.1) is 5.92 Å². The Balaban J connectivity index is 1.69. The minimum absolute atomic E-state index is 0.682. The van der Waals surface area contributed by atoms with E-state index in [4.69, 9.17) is 9.47 Å². The molecule has 1 aromatic carbocycles. The van der Waals surface area contributed by atoms with Crippen LogP contribution in [-0.2, 0) is 0 Å². The second-order valence-electron chi connectivity index (χ2n) is 5.07. The highest BCUT2D eigenvalue weighted by Gasteiger charge is 2.20. The molecule has 1 aliphatic carbocycles. The van der Waals surface area contributed by atoms with E-state index in [0.717, 1.165) is 24.0 Å². The van der Waals surface area contributed by atoms with Gasteiger partial charge in [0.15, 0.2) is 11.5 Å². The van der Waals surface area contributed by atoms with Crippen LogP contribution < -0.4 is 14.8 Å². The van der Waals surface area contributed by atoms with E-state index in [1.54, 1.807) is 7.11 Å². The van der Waals surface area contributed by atoms with Crippen molar-refractivity contribution in [3.05, 3.63) is 24.3 Å². The van der Waals surface area contributed by atoms with Crippen molar-refractivity contribution in [2.45, 2.75) is 32.2 Å². The lowest BCUT2D eigenvalue weighted by molar-refractivity contribution is 0.285. The number of benzene rings is 1. The van der Waals surface area contributed by atoms with E-state index < -0.39 is 0 Å². The van der Waals surface area contributed by atoms with Crippen molar-refractivity contribution in [2.75, 3.05) is 20.3 Å². The van der Waals surface area contributed by atoms with Crippen LogP contribution in [0.1, 0.15) is 26.2 Å². The second kappa shape index (κ2) is 6.64. The molecule has 1 aromatic rings. The van der Waals surface area contributed by atoms with Gasteiger partial charge in [-0.3, -0.25) is 0 Å². The van der Waals surface area contributed by atoms with E-state index >= 15 is 0 Å². The molecule has 2 rings (SSSR count). The third kappa shape index (κ3) is 3.64. The van der Waals surface area contributed by atoms with Gasteiger partial charge >= 0.3 is 0 Å². The van der Waals surface area contributed by atoms with Crippen molar-refractivity contribution in [1.82, 2.24) is 5.32 Å². The van der Waals surface area contributed by atoms with Crippen LogP contribution in [0.15, 0.2) is 24.3 Å². The molecule has 1 saturated carbocycles. The summed E-state index contributed by atoms with van der Waals surface area (Å²) in [6, 6.07) is 8.45. The first-order valence-electron chi connectivity index (χ1n) is 6.79. The van der Waals surface area contributed by atoms with E-state index in [2.05, 4.69) is 12.2 Å². The number of hydrogen-bond acceptors (Lipinski definition) is 3. The molecule has 1 aliphatic rings. The van der Waals surface area contributed by atoms with E-state index in [0.29, 0.717) is 12.6 Å². The number of nitrogens with one attached hydrogen (secondary N) is 1. The van der Waals surface area contributed by atoms with Crippen molar-refractivity contribution < 1.29 is 9.47 Å². The molecule has 3 nitrogen and oxygen atoms in total. The standard InChI is InChI=1S/C15H23NO2/c1-12-7-8-13(11-12)16-9-10-18-15-6-4-3-5-14(15)17-2/h3-6,12-13,16H,7-11H2,1-2H3. The third-order valence-corrected chi connectivity index (χ3v) is 3.56. The molecular formula is C15H23NO2. The van der Waals surface area contributed by atoms with E-state index in [1.165, 1.54) is 19.3 Å². The summed E-state index contributed by atoms with van der Waals surface area (Å²) in [7, 11) is 1.67. The minimum atomic E-state index is 0.682. The van der Waals surface area contributed by atoms with Gasteiger partial charge in [0.1, 0.15) is 6.61 Å². The van der Waals surface area contributed by atoms with Crippen LogP contribution >= 0.6 is 0 Å². The first kappa shape index (κ1) is 13.2. The second-order valence-corrected chi connectivity index (χ2v) is 5.07. The highest BCUT2D eigenvalue weighted by molar-refractivity contribution is 5.39. The van der Waals surface area contributed by atoms with E-state index in [9.17, 15) is 0 Å². The lowest BCUT2D eigenvalue weighted by Gasteiger charge is -2.14. The monoisotopic (exact) mass is 249 g/mol. The molecule has 0 bridgehead atoms. The van der Waals surface area contributed by atoms with Crippen molar-refractivity contribution in [3.8, 4) is 11.5 Å². The normalized spacial score (nSPS) is 23.0. The van der Waals surface area contributed by atoms with Gasteiger partial charge in [-0.15, -0.1) is 0 Å². The summed E-state index contributed by atoms with van der Waals surface area (Å²) in [4.78, 5) is 0. The summed E-state index contributed by atoms with van der Waals surface area (Å²) >= 11 is 0. The average molecular weight is 249 g/mol. The van der Waals surface area contributed by atoms with Gasteiger partial charge in [-0.1, -0.05) is 19.1 Å². The Morgan fingerprint density at radius 1 is 1.22 bits per heavy atom. The predicted octanol–water partition coefficient (Wildman–Crippen LogP) is 2.85. The summed E-state index contributed by atoms with van der Waals surface area (Å²) in [6.45, 7) is 3.91. The largest absolute Gasteiger partial charge is 0.493 e. The zero-order valence-electron chi connectivity index (χ0n) is 11.3. The molecule has 0 spiro atoms. The zero-order chi connectivity index (χ0) is 12.8. The Labute approximate surface area is 109 Å². The summed E-state index contributed by atoms with van der Waals surface area (Å²) in [6.07, 6.45) is 3.95. The van der Waals surface area contributed by atoms with E-state index in [-0.39, 0.29) is 0 Å². The smallest absolute Gasteiger partial charge is 0.161 e. The van der Waals surface area contributed by atoms with Gasteiger partial charge in [0.05, 0.1) is 7.11 Å². The number of hydrogen-bond donors (Lipinski definition) is 1. The highest BCUT2D eigenvalue weighted by Crippen LogP contribution is 2.26. The molecule has 1 fully saturated rings.